The summed E-state index contributed by atoms with van der Waals surface area (Å²) in [6.07, 6.45) is -3.70. The van der Waals surface area contributed by atoms with E-state index < -0.39 is 23.5 Å². The molecule has 1 aromatic heterocycles. The molecule has 26 heavy (non-hydrogen) atoms. The van der Waals surface area contributed by atoms with E-state index >= 15 is 0 Å². The number of benzene rings is 1. The number of carbonyl (C=O) groups excluding carboxylic acids is 1. The summed E-state index contributed by atoms with van der Waals surface area (Å²) in [6, 6.07) is 6.62. The number of aromatic nitrogens is 1. The standard InChI is InChI=1S/C16H13ClF3N3O3/c1-21-14(24)13(23-25-2)10-5-3-4-6-12(10)26-15-11(16(18,19)20)7-9(17)8-22-15/h3-8H,1-2H3,(H,21,24)/b23-13+. The monoisotopic (exact) mass is 387 g/mol. The molecule has 1 aromatic carbocycles. The highest BCUT2D eigenvalue weighted by Crippen LogP contribution is 2.38. The molecule has 0 aliphatic carbocycles. The van der Waals surface area contributed by atoms with Crippen LogP contribution in [0.5, 0.6) is 11.6 Å². The first-order chi connectivity index (χ1) is 12.3. The fourth-order valence-electron chi connectivity index (χ4n) is 1.99. The SMILES string of the molecule is CNC(=O)/C(=N/OC)c1ccccc1Oc1ncc(Cl)cc1C(F)(F)F. The maximum Gasteiger partial charge on any atom is 0.421 e. The van der Waals surface area contributed by atoms with Gasteiger partial charge in [-0.15, -0.1) is 0 Å². The molecule has 0 spiro atoms. The second kappa shape index (κ2) is 8.05. The minimum Gasteiger partial charge on any atom is -0.438 e. The molecule has 1 N–H and O–H groups in total. The van der Waals surface area contributed by atoms with Gasteiger partial charge in [0.15, 0.2) is 5.71 Å². The van der Waals surface area contributed by atoms with Crippen molar-refractivity contribution in [2.45, 2.75) is 6.18 Å². The van der Waals surface area contributed by atoms with E-state index in [0.717, 1.165) is 6.20 Å². The summed E-state index contributed by atoms with van der Waals surface area (Å²) >= 11 is 5.60. The van der Waals surface area contributed by atoms with Crippen LogP contribution in [0.15, 0.2) is 41.7 Å². The van der Waals surface area contributed by atoms with Crippen molar-refractivity contribution in [3.05, 3.63) is 52.7 Å². The van der Waals surface area contributed by atoms with Gasteiger partial charge in [-0.1, -0.05) is 28.9 Å². The van der Waals surface area contributed by atoms with Crippen LogP contribution in [-0.4, -0.2) is 30.8 Å². The molecule has 0 aliphatic heterocycles. The van der Waals surface area contributed by atoms with E-state index in [9.17, 15) is 18.0 Å². The third-order valence-electron chi connectivity index (χ3n) is 3.10. The van der Waals surface area contributed by atoms with Gasteiger partial charge in [0.05, 0.1) is 10.6 Å². The molecule has 10 heteroatoms. The summed E-state index contributed by atoms with van der Waals surface area (Å²) < 4.78 is 45.0. The molecule has 0 aliphatic rings. The van der Waals surface area contributed by atoms with Gasteiger partial charge in [-0.05, 0) is 18.2 Å². The second-order valence-electron chi connectivity index (χ2n) is 4.80. The Labute approximate surface area is 151 Å². The topological polar surface area (TPSA) is 72.8 Å². The van der Waals surface area contributed by atoms with Gasteiger partial charge in [0, 0.05) is 13.2 Å². The zero-order valence-electron chi connectivity index (χ0n) is 13.6. The number of amides is 1. The molecule has 0 saturated heterocycles. The number of halogens is 4. The minimum atomic E-state index is -4.73. The van der Waals surface area contributed by atoms with Gasteiger partial charge in [0.1, 0.15) is 18.4 Å². The Kier molecular flexibility index (Phi) is 6.04. The number of likely N-dealkylation sites (N-methyl/N-ethyl adjacent to an activating group) is 1. The first-order valence-electron chi connectivity index (χ1n) is 7.11. The summed E-state index contributed by atoms with van der Waals surface area (Å²) in [6.45, 7) is 0. The van der Waals surface area contributed by atoms with Crippen molar-refractivity contribution in [3.63, 3.8) is 0 Å². The van der Waals surface area contributed by atoms with Crippen LogP contribution in [0.1, 0.15) is 11.1 Å². The third-order valence-corrected chi connectivity index (χ3v) is 3.30. The molecule has 0 fully saturated rings. The summed E-state index contributed by atoms with van der Waals surface area (Å²) in [5.41, 5.74) is -1.20. The summed E-state index contributed by atoms with van der Waals surface area (Å²) in [7, 11) is 2.61. The van der Waals surface area contributed by atoms with E-state index in [1.54, 1.807) is 6.07 Å². The van der Waals surface area contributed by atoms with Crippen molar-refractivity contribution >= 4 is 23.2 Å². The molecule has 0 saturated carbocycles. The summed E-state index contributed by atoms with van der Waals surface area (Å²) in [4.78, 5) is 20.2. The van der Waals surface area contributed by atoms with Crippen molar-refractivity contribution in [3.8, 4) is 11.6 Å². The van der Waals surface area contributed by atoms with Crippen molar-refractivity contribution in [2.75, 3.05) is 14.2 Å². The van der Waals surface area contributed by atoms with Gasteiger partial charge < -0.3 is 14.9 Å². The molecular weight excluding hydrogens is 375 g/mol. The smallest absolute Gasteiger partial charge is 0.421 e. The maximum absolute atomic E-state index is 13.2. The van der Waals surface area contributed by atoms with Crippen LogP contribution in [0.25, 0.3) is 0 Å². The predicted octanol–water partition coefficient (Wildman–Crippen LogP) is 3.64. The zero-order valence-corrected chi connectivity index (χ0v) is 14.4. The van der Waals surface area contributed by atoms with Gasteiger partial charge in [-0.3, -0.25) is 4.79 Å². The number of alkyl halides is 3. The molecule has 0 unspecified atom stereocenters. The van der Waals surface area contributed by atoms with Crippen molar-refractivity contribution in [1.82, 2.24) is 10.3 Å². The molecular formula is C16H13ClF3N3O3. The molecule has 2 aromatic rings. The molecule has 6 nitrogen and oxygen atoms in total. The van der Waals surface area contributed by atoms with E-state index in [1.165, 1.54) is 32.4 Å². The highest BCUT2D eigenvalue weighted by atomic mass is 35.5. The van der Waals surface area contributed by atoms with Gasteiger partial charge in [0.2, 0.25) is 5.88 Å². The van der Waals surface area contributed by atoms with Crippen LogP contribution in [0, 0.1) is 0 Å². The molecule has 0 radical (unpaired) electrons. The molecule has 2 rings (SSSR count). The first kappa shape index (κ1) is 19.5. The average molecular weight is 388 g/mol. The van der Waals surface area contributed by atoms with Crippen molar-refractivity contribution in [1.29, 1.82) is 0 Å². The van der Waals surface area contributed by atoms with Gasteiger partial charge in [0.25, 0.3) is 5.91 Å². The molecule has 138 valence electrons. The van der Waals surface area contributed by atoms with Crippen molar-refractivity contribution < 1.29 is 27.5 Å². The average Bonchev–Trinajstić information content (AvgIpc) is 2.60. The lowest BCUT2D eigenvalue weighted by Crippen LogP contribution is -2.28. The number of carbonyl (C=O) groups is 1. The zero-order chi connectivity index (χ0) is 19.3. The Morgan fingerprint density at radius 3 is 2.62 bits per heavy atom. The van der Waals surface area contributed by atoms with Crippen LogP contribution in [0.4, 0.5) is 13.2 Å². The number of hydrogen-bond donors (Lipinski definition) is 1. The highest BCUT2D eigenvalue weighted by Gasteiger charge is 2.36. The Morgan fingerprint density at radius 1 is 1.31 bits per heavy atom. The Hall–Kier alpha value is -2.81. The Bertz CT molecular complexity index is 841. The molecule has 0 atom stereocenters. The number of nitrogens with one attached hydrogen (secondary N) is 1. The van der Waals surface area contributed by atoms with Crippen molar-refractivity contribution in [2.24, 2.45) is 5.16 Å². The Morgan fingerprint density at radius 2 is 2.00 bits per heavy atom. The van der Waals surface area contributed by atoms with Gasteiger partial charge in [-0.25, -0.2) is 4.98 Å². The number of ether oxygens (including phenoxy) is 1. The largest absolute Gasteiger partial charge is 0.438 e. The number of hydrogen-bond acceptors (Lipinski definition) is 5. The first-order valence-corrected chi connectivity index (χ1v) is 7.49. The normalized spacial score (nSPS) is 11.8. The maximum atomic E-state index is 13.2. The lowest BCUT2D eigenvalue weighted by molar-refractivity contribution is -0.138. The predicted molar refractivity (Wildman–Crippen MR) is 88.4 cm³/mol. The van der Waals surface area contributed by atoms with Gasteiger partial charge >= 0.3 is 6.18 Å². The number of nitrogens with zero attached hydrogens (tertiary/aromatic N) is 2. The van der Waals surface area contributed by atoms with Crippen LogP contribution < -0.4 is 10.1 Å². The Balaban J connectivity index is 2.53. The molecule has 1 amide bonds. The van der Waals surface area contributed by atoms with Crippen LogP contribution >= 0.6 is 11.6 Å². The third kappa shape index (κ3) is 4.42. The van der Waals surface area contributed by atoms with Gasteiger partial charge in [-0.2, -0.15) is 13.2 Å². The van der Waals surface area contributed by atoms with Crippen LogP contribution in [0.2, 0.25) is 5.02 Å². The van der Waals surface area contributed by atoms with E-state index in [-0.39, 0.29) is 22.0 Å². The number of oxime groups is 1. The van der Waals surface area contributed by atoms with E-state index in [0.29, 0.717) is 6.07 Å². The number of rotatable bonds is 5. The molecule has 1 heterocycles. The highest BCUT2D eigenvalue weighted by molar-refractivity contribution is 6.45. The van der Waals surface area contributed by atoms with E-state index in [4.69, 9.17) is 16.3 Å². The molecule has 0 bridgehead atoms. The lowest BCUT2D eigenvalue weighted by atomic mass is 10.1. The summed E-state index contributed by atoms with van der Waals surface area (Å²) in [5.74, 6) is -1.38. The lowest BCUT2D eigenvalue weighted by Gasteiger charge is -2.15. The van der Waals surface area contributed by atoms with E-state index in [2.05, 4.69) is 20.3 Å². The number of para-hydroxylation sites is 1. The minimum absolute atomic E-state index is 0.0628. The number of pyridine rings is 1. The quantitative estimate of drug-likeness (QED) is 0.628. The summed E-state index contributed by atoms with van der Waals surface area (Å²) in [5, 5.41) is 5.79. The fourth-order valence-corrected chi connectivity index (χ4v) is 2.15. The second-order valence-corrected chi connectivity index (χ2v) is 5.24. The van der Waals surface area contributed by atoms with Crippen LogP contribution in [-0.2, 0) is 15.8 Å². The van der Waals surface area contributed by atoms with E-state index in [1.807, 2.05) is 0 Å². The van der Waals surface area contributed by atoms with Crippen LogP contribution in [0.3, 0.4) is 0 Å². The fraction of sp³-hybridized carbons (Fsp3) is 0.188.